The van der Waals surface area contributed by atoms with Crippen LogP contribution in [0.25, 0.3) is 0 Å². The van der Waals surface area contributed by atoms with E-state index in [-0.39, 0.29) is 488 Å². The Balaban J connectivity index is -0.000000000111. The van der Waals surface area contributed by atoms with Crippen LogP contribution in [0.4, 0.5) is 0 Å². The normalized spacial score (nSPS) is 0.545. The van der Waals surface area contributed by atoms with Gasteiger partial charge in [-0.15, -0.1) is 0 Å². The van der Waals surface area contributed by atoms with Gasteiger partial charge >= 0.3 is 32.7 Å². The van der Waals surface area contributed by atoms with Gasteiger partial charge in [0.1, 0.15) is 0 Å². The summed E-state index contributed by atoms with van der Waals surface area (Å²) >= 11 is 0. The summed E-state index contributed by atoms with van der Waals surface area (Å²) in [6, 6.07) is 0. The molecule has 13 radical (unpaired) electrons. The maximum absolute atomic E-state index is 2.00. The number of hydrogen-bond acceptors (Lipinski definition) is 0. The van der Waals surface area contributed by atoms with Gasteiger partial charge in [0.25, 0.3) is 0 Å². The molecule has 22 heavy (non-hydrogen) atoms. The van der Waals surface area contributed by atoms with Gasteiger partial charge in [0, 0.05) is 425 Å². The van der Waals surface area contributed by atoms with E-state index in [1.807, 2.05) is 27.7 Å². The van der Waals surface area contributed by atoms with Gasteiger partial charge in [-0.25, -0.2) is 0 Å². The van der Waals surface area contributed by atoms with Gasteiger partial charge in [-0.05, 0) is 0 Å². The molecule has 0 bridgehead atoms. The van der Waals surface area contributed by atoms with E-state index >= 15 is 0 Å². The fourth-order valence-corrected chi connectivity index (χ4v) is 0. The predicted molar refractivity (Wildman–Crippen MR) is 48.4 cm³/mol. The molecule has 0 amide bonds. The fraction of sp³-hybridized carbons (Fsp3) is 0.500. The Hall–Kier alpha value is 15.5. The van der Waals surface area contributed by atoms with Gasteiger partial charge in [-0.2, -0.15) is 0 Å². The topological polar surface area (TPSA) is 0 Å². The average Bonchev–Trinajstić information content (AvgIpc) is 1.50. The van der Waals surface area contributed by atoms with Crippen molar-refractivity contribution in [3.8, 4) is 0 Å². The van der Waals surface area contributed by atoms with Crippen LogP contribution >= 0.6 is 0 Å². The molecule has 0 aliphatic carbocycles. The molecule has 0 unspecified atom stereocenters. The molecule has 0 atom stereocenters. The molecule has 0 aliphatic heterocycles. The third kappa shape index (κ3) is 176. The van der Waals surface area contributed by atoms with E-state index in [2.05, 4.69) is 0 Å². The molecular formula is C8H24Y14-. The van der Waals surface area contributed by atoms with Crippen molar-refractivity contribution in [2.75, 3.05) is 0 Å². The first-order chi connectivity index (χ1) is 2.00. The van der Waals surface area contributed by atoms with Gasteiger partial charge < -0.3 is 29.7 Å². The van der Waals surface area contributed by atoms with E-state index in [1.54, 1.807) is 0 Å². The molecule has 0 spiro atoms. The van der Waals surface area contributed by atoms with Gasteiger partial charge in [0.2, 0.25) is 0 Å². The summed E-state index contributed by atoms with van der Waals surface area (Å²) in [5.74, 6) is 0. The Bertz CT molecular complexity index is 20.8. The minimum absolute atomic E-state index is 0. The van der Waals surface area contributed by atoms with Crippen LogP contribution in [0.1, 0.15) is 27.7 Å². The van der Waals surface area contributed by atoms with Crippen LogP contribution in [-0.4, -0.2) is 0 Å². The molecule has 0 heterocycles. The second-order valence-corrected chi connectivity index (χ2v) is 0. The van der Waals surface area contributed by atoms with Crippen molar-refractivity contribution in [1.29, 1.82) is 0 Å². The summed E-state index contributed by atoms with van der Waals surface area (Å²) in [6.45, 7) is 8.00. The van der Waals surface area contributed by atoms with E-state index in [0.29, 0.717) is 0 Å². The van der Waals surface area contributed by atoms with Crippen LogP contribution in [0, 0.1) is 29.7 Å². The van der Waals surface area contributed by atoms with Gasteiger partial charge in [0.15, 0.2) is 0 Å². The summed E-state index contributed by atoms with van der Waals surface area (Å²) in [7, 11) is 0. The standard InChI is InChI=1S/2C2H6.4CH3.14Y/c2*1-2;;;;;;;;;;;;;;;;;;/h2*1-2H3;4*1H3;;;;;;;;;;;;;;/q;;4*-1;;;;;;;;;;;;;;+3. The Morgan fingerprint density at radius 1 is 0.227 bits per heavy atom. The van der Waals surface area contributed by atoms with Crippen molar-refractivity contribution < 1.29 is 458 Å². The Labute approximate surface area is 498 Å². The van der Waals surface area contributed by atoms with Crippen molar-refractivity contribution in [2.45, 2.75) is 27.7 Å². The maximum Gasteiger partial charge on any atom is 3.00 e. The zero-order valence-corrected chi connectivity index (χ0v) is 55.8. The molecule has 0 aromatic heterocycles. The first-order valence-electron chi connectivity index (χ1n) is 2.00. The van der Waals surface area contributed by atoms with E-state index in [1.165, 1.54) is 0 Å². The summed E-state index contributed by atoms with van der Waals surface area (Å²) in [6.07, 6.45) is 0. The zero-order chi connectivity index (χ0) is 4.00. The molecule has 0 rings (SSSR count). The molecule has 0 aromatic carbocycles. The monoisotopic (exact) mass is 1360 g/mol. The van der Waals surface area contributed by atoms with E-state index in [4.69, 9.17) is 0 Å². The summed E-state index contributed by atoms with van der Waals surface area (Å²) in [5.41, 5.74) is 0. The molecule has 0 aliphatic rings. The van der Waals surface area contributed by atoms with Crippen molar-refractivity contribution in [2.24, 2.45) is 0 Å². The molecule has 99 valence electrons. The van der Waals surface area contributed by atoms with Gasteiger partial charge in [-0.1, -0.05) is 27.7 Å². The second kappa shape index (κ2) is 192. The molecule has 0 fully saturated rings. The van der Waals surface area contributed by atoms with Gasteiger partial charge in [-0.3, -0.25) is 0 Å². The van der Waals surface area contributed by atoms with Crippen LogP contribution in [0.15, 0.2) is 0 Å². The Morgan fingerprint density at radius 3 is 0.227 bits per heavy atom. The summed E-state index contributed by atoms with van der Waals surface area (Å²) in [5, 5.41) is 0. The molecule has 0 saturated carbocycles. The molecule has 0 nitrogen and oxygen atoms in total. The van der Waals surface area contributed by atoms with Crippen molar-refractivity contribution >= 4 is 0 Å². The minimum Gasteiger partial charge on any atom is -0.358 e. The third-order valence-corrected chi connectivity index (χ3v) is 0. The minimum atomic E-state index is 0. The second-order valence-electron chi connectivity index (χ2n) is 0. The van der Waals surface area contributed by atoms with Crippen LogP contribution in [-0.2, 0) is 458 Å². The van der Waals surface area contributed by atoms with Crippen LogP contribution in [0.2, 0.25) is 0 Å². The number of rotatable bonds is 0. The average molecular weight is 1360 g/mol. The SMILES string of the molecule is CC.CC.[CH3-].[CH3-].[CH3-].[CH3-].[Y+3].[Y].[Y].[Y].[Y].[Y].[Y].[Y].[Y].[Y].[Y].[Y].[Y].[Y]. The van der Waals surface area contributed by atoms with Crippen molar-refractivity contribution in [3.63, 3.8) is 0 Å². The molecule has 14 heteroatoms. The first kappa shape index (κ1) is 163. The smallest absolute Gasteiger partial charge is 0.358 e. The van der Waals surface area contributed by atoms with E-state index in [0.717, 1.165) is 0 Å². The van der Waals surface area contributed by atoms with Crippen LogP contribution < -0.4 is 0 Å². The van der Waals surface area contributed by atoms with Crippen molar-refractivity contribution in [3.05, 3.63) is 29.7 Å². The zero-order valence-electron chi connectivity index (χ0n) is 16.1. The van der Waals surface area contributed by atoms with Crippen molar-refractivity contribution in [1.82, 2.24) is 0 Å². The Kier molecular flexibility index (Phi) is 1420. The Morgan fingerprint density at radius 2 is 0.227 bits per heavy atom. The molecule has 0 saturated heterocycles. The quantitative estimate of drug-likeness (QED) is 0.325. The maximum atomic E-state index is 2.00. The number of hydrogen-bond donors (Lipinski definition) is 0. The third-order valence-electron chi connectivity index (χ3n) is 0. The van der Waals surface area contributed by atoms with Crippen LogP contribution in [0.3, 0.4) is 0 Å². The summed E-state index contributed by atoms with van der Waals surface area (Å²) < 4.78 is 0. The molecule has 0 N–H and O–H groups in total. The van der Waals surface area contributed by atoms with Crippen LogP contribution in [0.5, 0.6) is 0 Å². The largest absolute Gasteiger partial charge is 3.00 e. The van der Waals surface area contributed by atoms with E-state index < -0.39 is 0 Å². The summed E-state index contributed by atoms with van der Waals surface area (Å²) in [4.78, 5) is 0. The molecular weight excluding hydrogens is 1340 g/mol. The fourth-order valence-electron chi connectivity index (χ4n) is 0. The van der Waals surface area contributed by atoms with Gasteiger partial charge in [0.05, 0.1) is 0 Å². The first-order valence-corrected chi connectivity index (χ1v) is 2.00. The van der Waals surface area contributed by atoms with E-state index in [9.17, 15) is 0 Å². The molecule has 0 aromatic rings. The predicted octanol–water partition coefficient (Wildman–Crippen LogP) is 3.82.